The fraction of sp³-hybridized carbons (Fsp3) is 0.148. The molecule has 1 heterocycles. The van der Waals surface area contributed by atoms with E-state index in [0.717, 1.165) is 22.0 Å². The van der Waals surface area contributed by atoms with E-state index in [4.69, 9.17) is 21.7 Å². The monoisotopic (exact) mass is 582 g/mol. The number of nitrogens with one attached hydrogen (secondary N) is 1. The zero-order chi connectivity index (χ0) is 25.5. The number of amides is 2. The fourth-order valence-electron chi connectivity index (χ4n) is 3.50. The van der Waals surface area contributed by atoms with Gasteiger partial charge in [0.2, 0.25) is 0 Å². The molecule has 1 saturated heterocycles. The first-order valence-corrected chi connectivity index (χ1v) is 13.1. The van der Waals surface area contributed by atoms with E-state index in [1.165, 1.54) is 18.9 Å². The predicted octanol–water partition coefficient (Wildman–Crippen LogP) is 5.92. The van der Waals surface area contributed by atoms with Crippen molar-refractivity contribution in [3.8, 4) is 11.5 Å². The summed E-state index contributed by atoms with van der Waals surface area (Å²) in [6.07, 6.45) is 2.52. The highest BCUT2D eigenvalue weighted by Gasteiger charge is 2.31. The van der Waals surface area contributed by atoms with Crippen LogP contribution in [-0.4, -0.2) is 41.3 Å². The van der Waals surface area contributed by atoms with Gasteiger partial charge in [0.05, 0.1) is 12.0 Å². The summed E-state index contributed by atoms with van der Waals surface area (Å²) >= 11 is 10.1. The molecule has 0 spiro atoms. The molecule has 4 rings (SSSR count). The molecular weight excluding hydrogens is 560 g/mol. The minimum Gasteiger partial charge on any atom is -0.493 e. The van der Waals surface area contributed by atoms with Gasteiger partial charge in [-0.05, 0) is 60.0 Å². The summed E-state index contributed by atoms with van der Waals surface area (Å²) in [7, 11) is 1.52. The largest absolute Gasteiger partial charge is 0.493 e. The van der Waals surface area contributed by atoms with Crippen LogP contribution in [0, 0.1) is 0 Å². The molecule has 0 bridgehead atoms. The van der Waals surface area contributed by atoms with Gasteiger partial charge in [0.15, 0.2) is 18.1 Å². The molecule has 0 aromatic heterocycles. The van der Waals surface area contributed by atoms with Gasteiger partial charge in [-0.15, -0.1) is 0 Å². The first-order chi connectivity index (χ1) is 17.4. The van der Waals surface area contributed by atoms with Crippen molar-refractivity contribution in [3.05, 3.63) is 93.3 Å². The molecule has 3 aromatic rings. The van der Waals surface area contributed by atoms with E-state index < -0.39 is 0 Å². The molecular formula is C27H23BrN2O4S2. The highest BCUT2D eigenvalue weighted by molar-refractivity contribution is 9.10. The lowest BCUT2D eigenvalue weighted by Gasteiger charge is -2.14. The Kier molecular flexibility index (Phi) is 8.79. The van der Waals surface area contributed by atoms with Gasteiger partial charge in [0.1, 0.15) is 4.32 Å². The Bertz CT molecular complexity index is 1300. The summed E-state index contributed by atoms with van der Waals surface area (Å²) in [5, 5.41) is 2.78. The van der Waals surface area contributed by atoms with Gasteiger partial charge >= 0.3 is 0 Å². The maximum Gasteiger partial charge on any atom is 0.266 e. The standard InChI is InChI=1S/C27H23BrN2O4S2/c1-33-23-15-19(7-12-22(23)34-17-25(31)29-21-10-8-20(28)9-11-21)16-24-26(32)30(27(35)36-24)14-13-18-5-3-2-4-6-18/h2-12,15-16H,13-14,17H2,1H3,(H,29,31)/b24-16-. The van der Waals surface area contributed by atoms with Gasteiger partial charge in [-0.25, -0.2) is 0 Å². The van der Waals surface area contributed by atoms with E-state index in [1.54, 1.807) is 41.3 Å². The van der Waals surface area contributed by atoms with Crippen LogP contribution in [0.3, 0.4) is 0 Å². The lowest BCUT2D eigenvalue weighted by molar-refractivity contribution is -0.122. The number of carbonyl (C=O) groups excluding carboxylic acids is 2. The van der Waals surface area contributed by atoms with Crippen molar-refractivity contribution in [2.75, 3.05) is 25.6 Å². The molecule has 1 aliphatic heterocycles. The van der Waals surface area contributed by atoms with Gasteiger partial charge in [-0.1, -0.05) is 76.3 Å². The van der Waals surface area contributed by atoms with Crippen LogP contribution in [0.25, 0.3) is 6.08 Å². The molecule has 0 saturated carbocycles. The molecule has 6 nitrogen and oxygen atoms in total. The van der Waals surface area contributed by atoms with E-state index in [9.17, 15) is 9.59 Å². The number of methoxy groups -OCH3 is 1. The van der Waals surface area contributed by atoms with E-state index in [-0.39, 0.29) is 18.4 Å². The maximum absolute atomic E-state index is 13.0. The molecule has 9 heteroatoms. The normalized spacial score (nSPS) is 14.3. The molecule has 0 atom stereocenters. The number of ether oxygens (including phenoxy) is 2. The highest BCUT2D eigenvalue weighted by Crippen LogP contribution is 2.35. The van der Waals surface area contributed by atoms with Crippen LogP contribution in [0.2, 0.25) is 0 Å². The van der Waals surface area contributed by atoms with Crippen molar-refractivity contribution in [1.29, 1.82) is 0 Å². The smallest absolute Gasteiger partial charge is 0.266 e. The van der Waals surface area contributed by atoms with Crippen molar-refractivity contribution in [1.82, 2.24) is 4.90 Å². The van der Waals surface area contributed by atoms with Gasteiger partial charge < -0.3 is 14.8 Å². The minimum absolute atomic E-state index is 0.107. The summed E-state index contributed by atoms with van der Waals surface area (Å²) in [6, 6.07) is 22.6. The van der Waals surface area contributed by atoms with Crippen LogP contribution in [0.15, 0.2) is 82.2 Å². The summed E-state index contributed by atoms with van der Waals surface area (Å²) in [4.78, 5) is 27.4. The number of anilines is 1. The van der Waals surface area contributed by atoms with E-state index in [2.05, 4.69) is 21.2 Å². The van der Waals surface area contributed by atoms with Crippen molar-refractivity contribution < 1.29 is 19.1 Å². The third kappa shape index (κ3) is 6.75. The topological polar surface area (TPSA) is 67.9 Å². The van der Waals surface area contributed by atoms with Crippen molar-refractivity contribution in [2.24, 2.45) is 0 Å². The summed E-state index contributed by atoms with van der Waals surface area (Å²) < 4.78 is 12.6. The average Bonchev–Trinajstić information content (AvgIpc) is 3.15. The van der Waals surface area contributed by atoms with Crippen LogP contribution in [-0.2, 0) is 16.0 Å². The quantitative estimate of drug-likeness (QED) is 0.249. The molecule has 36 heavy (non-hydrogen) atoms. The molecule has 1 N–H and O–H groups in total. The van der Waals surface area contributed by atoms with Crippen LogP contribution in [0.5, 0.6) is 11.5 Å². The minimum atomic E-state index is -0.289. The van der Waals surface area contributed by atoms with E-state index >= 15 is 0 Å². The second-order valence-electron chi connectivity index (χ2n) is 7.82. The number of rotatable bonds is 9. The Balaban J connectivity index is 1.38. The first kappa shape index (κ1) is 25.9. The Morgan fingerprint density at radius 2 is 1.83 bits per heavy atom. The maximum atomic E-state index is 13.0. The van der Waals surface area contributed by atoms with E-state index in [0.29, 0.717) is 33.0 Å². The van der Waals surface area contributed by atoms with Gasteiger partial charge in [0.25, 0.3) is 11.8 Å². The fourth-order valence-corrected chi connectivity index (χ4v) is 5.07. The Hall–Kier alpha value is -3.14. The number of halogens is 1. The van der Waals surface area contributed by atoms with Crippen LogP contribution >= 0.6 is 39.9 Å². The lowest BCUT2D eigenvalue weighted by atomic mass is 10.1. The van der Waals surface area contributed by atoms with Gasteiger partial charge in [-0.2, -0.15) is 0 Å². The molecule has 1 aliphatic rings. The molecule has 2 amide bonds. The van der Waals surface area contributed by atoms with Gasteiger partial charge in [-0.3, -0.25) is 14.5 Å². The Labute approximate surface area is 227 Å². The summed E-state index contributed by atoms with van der Waals surface area (Å²) in [5.41, 5.74) is 2.60. The number of hydrogen-bond acceptors (Lipinski definition) is 6. The number of benzene rings is 3. The number of hydrogen-bond donors (Lipinski definition) is 1. The molecule has 0 radical (unpaired) electrons. The third-order valence-corrected chi connectivity index (χ3v) is 7.22. The molecule has 184 valence electrons. The Morgan fingerprint density at radius 3 is 2.56 bits per heavy atom. The average molecular weight is 584 g/mol. The van der Waals surface area contributed by atoms with E-state index in [1.807, 2.05) is 42.5 Å². The van der Waals surface area contributed by atoms with Crippen LogP contribution < -0.4 is 14.8 Å². The molecule has 1 fully saturated rings. The highest BCUT2D eigenvalue weighted by atomic mass is 79.9. The van der Waals surface area contributed by atoms with Gasteiger partial charge in [0, 0.05) is 16.7 Å². The first-order valence-electron chi connectivity index (χ1n) is 11.1. The molecule has 3 aromatic carbocycles. The van der Waals surface area contributed by atoms with Crippen LogP contribution in [0.1, 0.15) is 11.1 Å². The zero-order valence-electron chi connectivity index (χ0n) is 19.4. The predicted molar refractivity (Wildman–Crippen MR) is 151 cm³/mol. The summed E-state index contributed by atoms with van der Waals surface area (Å²) in [5.74, 6) is 0.489. The van der Waals surface area contributed by atoms with Crippen molar-refractivity contribution >= 4 is 67.8 Å². The second kappa shape index (κ2) is 12.2. The summed E-state index contributed by atoms with van der Waals surface area (Å²) in [6.45, 7) is 0.357. The number of carbonyl (C=O) groups is 2. The zero-order valence-corrected chi connectivity index (χ0v) is 22.6. The second-order valence-corrected chi connectivity index (χ2v) is 10.4. The number of thioether (sulfide) groups is 1. The lowest BCUT2D eigenvalue weighted by Crippen LogP contribution is -2.30. The number of nitrogens with zero attached hydrogens (tertiary/aromatic N) is 1. The molecule has 0 unspecified atom stereocenters. The third-order valence-electron chi connectivity index (χ3n) is 5.31. The Morgan fingerprint density at radius 1 is 1.08 bits per heavy atom. The molecule has 0 aliphatic carbocycles. The van der Waals surface area contributed by atoms with Crippen LogP contribution in [0.4, 0.5) is 5.69 Å². The SMILES string of the molecule is COc1cc(/C=C2\SC(=S)N(CCc3ccccc3)C2=O)ccc1OCC(=O)Nc1ccc(Br)cc1. The number of thiocarbonyl (C=S) groups is 1. The van der Waals surface area contributed by atoms with Crippen molar-refractivity contribution in [3.63, 3.8) is 0 Å². The van der Waals surface area contributed by atoms with Crippen molar-refractivity contribution in [2.45, 2.75) is 6.42 Å².